The number of nitrogens with zero attached hydrogens (tertiary/aromatic N) is 3. The van der Waals surface area contributed by atoms with E-state index in [9.17, 15) is 23.7 Å². The molecule has 2 N–H and O–H groups in total. The second-order valence-electron chi connectivity index (χ2n) is 4.64. The van der Waals surface area contributed by atoms with Gasteiger partial charge in [-0.2, -0.15) is 0 Å². The highest BCUT2D eigenvalue weighted by Gasteiger charge is 2.18. The van der Waals surface area contributed by atoms with Gasteiger partial charge in [-0.1, -0.05) is 0 Å². The minimum atomic E-state index is -1.23. The van der Waals surface area contributed by atoms with E-state index < -0.39 is 39.9 Å². The van der Waals surface area contributed by atoms with E-state index in [1.54, 1.807) is 0 Å². The van der Waals surface area contributed by atoms with Crippen LogP contribution in [0.3, 0.4) is 0 Å². The van der Waals surface area contributed by atoms with Crippen LogP contribution < -0.4 is 11.2 Å². The number of aliphatic imine (C=N–C) groups is 1. The van der Waals surface area contributed by atoms with Gasteiger partial charge in [-0.05, 0) is 6.42 Å². The van der Waals surface area contributed by atoms with Crippen LogP contribution in [0.15, 0.2) is 14.6 Å². The van der Waals surface area contributed by atoms with Gasteiger partial charge in [0.05, 0.1) is 0 Å². The van der Waals surface area contributed by atoms with Crippen molar-refractivity contribution >= 4 is 23.0 Å². The van der Waals surface area contributed by atoms with E-state index in [1.165, 1.54) is 20.4 Å². The molecule has 2 atom stereocenters. The summed E-state index contributed by atoms with van der Waals surface area (Å²) in [5.74, 6) is -1.69. The highest BCUT2D eigenvalue weighted by atomic mass is 32.2. The molecule has 0 spiro atoms. The minimum Gasteiger partial charge on any atom is -0.494 e. The van der Waals surface area contributed by atoms with E-state index in [2.05, 4.69) is 4.99 Å². The maximum atomic E-state index is 11.9. The molecule has 0 amide bonds. The summed E-state index contributed by atoms with van der Waals surface area (Å²) < 4.78 is 12.6. The summed E-state index contributed by atoms with van der Waals surface area (Å²) >= 11 is 0. The number of hydrogen-bond acceptors (Lipinski definition) is 6. The Morgan fingerprint density at radius 2 is 1.95 bits per heavy atom. The lowest BCUT2D eigenvalue weighted by Gasteiger charge is -2.09. The normalized spacial score (nSPS) is 14.1. The highest BCUT2D eigenvalue weighted by Crippen LogP contribution is 2.07. The molecule has 0 saturated carbocycles. The largest absolute Gasteiger partial charge is 0.494 e. The van der Waals surface area contributed by atoms with Crippen molar-refractivity contribution in [3.8, 4) is 5.88 Å². The fourth-order valence-electron chi connectivity index (χ4n) is 1.68. The number of hydrogen-bond donors (Lipinski definition) is 2. The number of aromatic nitrogens is 2. The Morgan fingerprint density at radius 3 is 2.45 bits per heavy atom. The van der Waals surface area contributed by atoms with Crippen molar-refractivity contribution in [1.29, 1.82) is 0 Å². The Hall–Kier alpha value is -2.23. The van der Waals surface area contributed by atoms with Gasteiger partial charge < -0.3 is 10.2 Å². The molecule has 0 unspecified atom stereocenters. The van der Waals surface area contributed by atoms with E-state index in [1.807, 2.05) is 0 Å². The molecule has 0 aromatic carbocycles. The van der Waals surface area contributed by atoms with Gasteiger partial charge in [-0.15, -0.1) is 0 Å². The first-order valence-corrected chi connectivity index (χ1v) is 7.94. The number of carboxylic acid groups (broad SMARTS) is 1. The third-order valence-electron chi connectivity index (χ3n) is 3.01. The number of carboxylic acids is 1. The predicted molar refractivity (Wildman–Crippen MR) is 81.2 cm³/mol. The third-order valence-corrected chi connectivity index (χ3v) is 3.83. The summed E-state index contributed by atoms with van der Waals surface area (Å²) in [7, 11) is 1.33. The number of rotatable bonds is 6. The molecule has 0 aliphatic heterocycles. The average molecular weight is 331 g/mol. The van der Waals surface area contributed by atoms with E-state index in [0.29, 0.717) is 0 Å². The minimum absolute atomic E-state index is 0.0295. The maximum absolute atomic E-state index is 11.9. The van der Waals surface area contributed by atoms with Crippen molar-refractivity contribution in [1.82, 2.24) is 9.13 Å². The Bertz CT molecular complexity index is 748. The summed E-state index contributed by atoms with van der Waals surface area (Å²) in [4.78, 5) is 38.3. The molecule has 0 fully saturated rings. The maximum Gasteiger partial charge on any atom is 0.333 e. The highest BCUT2D eigenvalue weighted by molar-refractivity contribution is 7.84. The standard InChI is InChI=1S/C12H17N3O6S/c1-14-9(16)7(10(17)15(2)12(14)20)6-13-8(11(18)19)4-5-22(3)21/h6,8,16H,4-5H2,1-3H3,(H,18,19)/t8-,22+/m1/s1. The van der Waals surface area contributed by atoms with Gasteiger partial charge in [-0.3, -0.25) is 23.1 Å². The van der Waals surface area contributed by atoms with Crippen molar-refractivity contribution in [2.45, 2.75) is 12.5 Å². The number of aliphatic carboxylic acids is 1. The fraction of sp³-hybridized carbons (Fsp3) is 0.500. The second-order valence-corrected chi connectivity index (χ2v) is 6.20. The van der Waals surface area contributed by atoms with Gasteiger partial charge in [0.15, 0.2) is 0 Å². The molecule has 0 bridgehead atoms. The zero-order valence-electron chi connectivity index (χ0n) is 12.3. The molecule has 1 aromatic heterocycles. The summed E-state index contributed by atoms with van der Waals surface area (Å²) in [5, 5.41) is 18.9. The van der Waals surface area contributed by atoms with Gasteiger partial charge in [0.25, 0.3) is 5.56 Å². The van der Waals surface area contributed by atoms with E-state index in [4.69, 9.17) is 5.11 Å². The van der Waals surface area contributed by atoms with Crippen molar-refractivity contribution in [3.05, 3.63) is 26.4 Å². The van der Waals surface area contributed by atoms with Crippen LogP contribution in [0, 0.1) is 0 Å². The van der Waals surface area contributed by atoms with Crippen LogP contribution >= 0.6 is 0 Å². The lowest BCUT2D eigenvalue weighted by atomic mass is 10.2. The third kappa shape index (κ3) is 3.91. The summed E-state index contributed by atoms with van der Waals surface area (Å²) in [5.41, 5.74) is -1.78. The quantitative estimate of drug-likeness (QED) is 0.606. The second kappa shape index (κ2) is 7.16. The first-order valence-electron chi connectivity index (χ1n) is 6.21. The summed E-state index contributed by atoms with van der Waals surface area (Å²) in [6.45, 7) is 0. The molecule has 22 heavy (non-hydrogen) atoms. The van der Waals surface area contributed by atoms with E-state index in [0.717, 1.165) is 15.3 Å². The molecule has 9 nitrogen and oxygen atoms in total. The molecule has 122 valence electrons. The Labute approximate surface area is 128 Å². The lowest BCUT2D eigenvalue weighted by molar-refractivity contribution is -0.138. The SMILES string of the molecule is Cn1c(O)c(C=N[C@H](CC[S@](C)=O)C(=O)O)c(=O)n(C)c1=O. The molecule has 0 saturated heterocycles. The number of aromatic hydroxyl groups is 1. The monoisotopic (exact) mass is 331 g/mol. The molecule has 10 heteroatoms. The molecular formula is C12H17N3O6S. The molecule has 1 rings (SSSR count). The van der Waals surface area contributed by atoms with Crippen LogP contribution in [0.4, 0.5) is 0 Å². The number of carbonyl (C=O) groups is 1. The van der Waals surface area contributed by atoms with Crippen molar-refractivity contribution in [2.24, 2.45) is 19.1 Å². The van der Waals surface area contributed by atoms with Crippen LogP contribution in [0.1, 0.15) is 12.0 Å². The smallest absolute Gasteiger partial charge is 0.333 e. The van der Waals surface area contributed by atoms with Gasteiger partial charge in [0.2, 0.25) is 5.88 Å². The van der Waals surface area contributed by atoms with Gasteiger partial charge in [-0.25, -0.2) is 9.59 Å². The topological polar surface area (TPSA) is 131 Å². The summed E-state index contributed by atoms with van der Waals surface area (Å²) in [6.07, 6.45) is 2.40. The first kappa shape index (κ1) is 17.8. The molecule has 0 aliphatic carbocycles. The van der Waals surface area contributed by atoms with Crippen molar-refractivity contribution in [3.63, 3.8) is 0 Å². The van der Waals surface area contributed by atoms with Crippen LogP contribution in [0.5, 0.6) is 5.88 Å². The van der Waals surface area contributed by atoms with Gasteiger partial charge in [0.1, 0.15) is 11.6 Å². The first-order chi connectivity index (χ1) is 10.2. The molecule has 1 heterocycles. The van der Waals surface area contributed by atoms with E-state index in [-0.39, 0.29) is 17.7 Å². The predicted octanol–water partition coefficient (Wildman–Crippen LogP) is -1.57. The van der Waals surface area contributed by atoms with Crippen LogP contribution in [-0.4, -0.2) is 53.8 Å². The summed E-state index contributed by atoms with van der Waals surface area (Å²) in [6, 6.07) is -1.19. The molecule has 0 aliphatic rings. The molecular weight excluding hydrogens is 314 g/mol. The van der Waals surface area contributed by atoms with E-state index >= 15 is 0 Å². The van der Waals surface area contributed by atoms with Crippen LogP contribution in [0.25, 0.3) is 0 Å². The van der Waals surface area contributed by atoms with Gasteiger partial charge in [0, 0.05) is 43.1 Å². The van der Waals surface area contributed by atoms with Crippen molar-refractivity contribution < 1.29 is 19.2 Å². The Kier molecular flexibility index (Phi) is 5.80. The van der Waals surface area contributed by atoms with Crippen LogP contribution in [-0.2, 0) is 29.7 Å². The Morgan fingerprint density at radius 1 is 1.36 bits per heavy atom. The zero-order valence-corrected chi connectivity index (χ0v) is 13.2. The molecule has 1 aromatic rings. The molecule has 0 radical (unpaired) electrons. The van der Waals surface area contributed by atoms with Gasteiger partial charge >= 0.3 is 11.7 Å². The average Bonchev–Trinajstić information content (AvgIpc) is 2.45. The van der Waals surface area contributed by atoms with Crippen molar-refractivity contribution in [2.75, 3.05) is 12.0 Å². The van der Waals surface area contributed by atoms with Crippen LogP contribution in [0.2, 0.25) is 0 Å². The fourth-order valence-corrected chi connectivity index (χ4v) is 2.23. The zero-order chi connectivity index (χ0) is 17.0. The lowest BCUT2D eigenvalue weighted by Crippen LogP contribution is -2.38. The Balaban J connectivity index is 3.22.